The fourth-order valence-corrected chi connectivity index (χ4v) is 3.11. The van der Waals surface area contributed by atoms with E-state index < -0.39 is 11.8 Å². The summed E-state index contributed by atoms with van der Waals surface area (Å²) < 4.78 is 18.0. The lowest BCUT2D eigenvalue weighted by Crippen LogP contribution is -2.42. The summed E-state index contributed by atoms with van der Waals surface area (Å²) in [7, 11) is 1.51. The second kappa shape index (κ2) is 8.41. The number of rotatable bonds is 5. The lowest BCUT2D eigenvalue weighted by Gasteiger charge is -2.07. The number of hydrogen-bond donors (Lipinski definition) is 2. The third kappa shape index (κ3) is 4.89. The fourth-order valence-electron chi connectivity index (χ4n) is 2.28. The Balaban J connectivity index is 1.55. The second-order valence-electron chi connectivity index (χ2n) is 5.56. The van der Waals surface area contributed by atoms with Gasteiger partial charge in [-0.25, -0.2) is 9.37 Å². The van der Waals surface area contributed by atoms with Crippen LogP contribution in [0.25, 0.3) is 10.6 Å². The molecule has 0 saturated heterocycles. The van der Waals surface area contributed by atoms with E-state index >= 15 is 0 Å². The van der Waals surface area contributed by atoms with Crippen LogP contribution in [0.4, 0.5) is 4.39 Å². The Morgan fingerprint density at radius 1 is 1.15 bits per heavy atom. The van der Waals surface area contributed by atoms with E-state index in [4.69, 9.17) is 4.74 Å². The first-order valence-electron chi connectivity index (χ1n) is 7.99. The number of nitrogens with one attached hydrogen (secondary N) is 2. The molecule has 6 nitrogen and oxygen atoms in total. The largest absolute Gasteiger partial charge is 0.497 e. The summed E-state index contributed by atoms with van der Waals surface area (Å²) in [5.41, 5.74) is 6.42. The Morgan fingerprint density at radius 3 is 2.67 bits per heavy atom. The van der Waals surface area contributed by atoms with E-state index in [2.05, 4.69) is 15.8 Å². The van der Waals surface area contributed by atoms with Crippen LogP contribution in [0.2, 0.25) is 0 Å². The minimum absolute atomic E-state index is 0.0100. The van der Waals surface area contributed by atoms with Gasteiger partial charge in [0.05, 0.1) is 19.2 Å². The Bertz CT molecular complexity index is 957. The standard InChI is InChI=1S/C19H16FN3O3S/c1-26-16-4-2-3-13(9-16)18(25)23-22-17(24)10-15-11-27-19(21-15)12-5-7-14(20)8-6-12/h2-9,11H,10H2,1H3,(H,22,24)(H,23,25). The first-order valence-corrected chi connectivity index (χ1v) is 8.86. The Morgan fingerprint density at radius 2 is 1.93 bits per heavy atom. The van der Waals surface area contributed by atoms with E-state index in [9.17, 15) is 14.0 Å². The first-order chi connectivity index (χ1) is 13.0. The van der Waals surface area contributed by atoms with E-state index in [0.717, 1.165) is 5.56 Å². The van der Waals surface area contributed by atoms with Crippen molar-refractivity contribution in [3.63, 3.8) is 0 Å². The van der Waals surface area contributed by atoms with Gasteiger partial charge in [0.15, 0.2) is 0 Å². The Hall–Kier alpha value is -3.26. The molecule has 0 aliphatic heterocycles. The summed E-state index contributed by atoms with van der Waals surface area (Å²) in [6.07, 6.45) is 0.0100. The lowest BCUT2D eigenvalue weighted by molar-refractivity contribution is -0.121. The van der Waals surface area contributed by atoms with Gasteiger partial charge >= 0.3 is 0 Å². The highest BCUT2D eigenvalue weighted by molar-refractivity contribution is 7.13. The maximum absolute atomic E-state index is 13.0. The van der Waals surface area contributed by atoms with Gasteiger partial charge in [-0.1, -0.05) is 6.07 Å². The molecule has 3 rings (SSSR count). The van der Waals surface area contributed by atoms with Gasteiger partial charge in [-0.15, -0.1) is 11.3 Å². The summed E-state index contributed by atoms with van der Waals surface area (Å²) in [4.78, 5) is 28.5. The molecule has 1 heterocycles. The molecule has 27 heavy (non-hydrogen) atoms. The highest BCUT2D eigenvalue weighted by Crippen LogP contribution is 2.24. The summed E-state index contributed by atoms with van der Waals surface area (Å²) in [6.45, 7) is 0. The van der Waals surface area contributed by atoms with Crippen LogP contribution in [0, 0.1) is 5.82 Å². The summed E-state index contributed by atoms with van der Waals surface area (Å²) in [6, 6.07) is 12.6. The van der Waals surface area contributed by atoms with Crippen molar-refractivity contribution >= 4 is 23.2 Å². The van der Waals surface area contributed by atoms with E-state index in [1.165, 1.54) is 30.6 Å². The molecule has 8 heteroatoms. The minimum atomic E-state index is -0.451. The molecule has 0 unspecified atom stereocenters. The molecule has 138 valence electrons. The summed E-state index contributed by atoms with van der Waals surface area (Å²) in [5.74, 6) is -0.624. The number of benzene rings is 2. The smallest absolute Gasteiger partial charge is 0.269 e. The number of carbonyl (C=O) groups is 2. The molecular formula is C19H16FN3O3S. The van der Waals surface area contributed by atoms with Gasteiger partial charge < -0.3 is 4.74 Å². The number of hydrazine groups is 1. The van der Waals surface area contributed by atoms with Crippen molar-refractivity contribution in [2.75, 3.05) is 7.11 Å². The molecule has 1 aromatic heterocycles. The predicted molar refractivity (Wildman–Crippen MR) is 99.8 cm³/mol. The molecule has 0 saturated carbocycles. The van der Waals surface area contributed by atoms with Crippen LogP contribution in [0.3, 0.4) is 0 Å². The van der Waals surface area contributed by atoms with Gasteiger partial charge in [-0.3, -0.25) is 20.4 Å². The molecule has 2 aromatic carbocycles. The zero-order chi connectivity index (χ0) is 19.2. The molecule has 0 bridgehead atoms. The monoisotopic (exact) mass is 385 g/mol. The Labute approximate surface area is 159 Å². The van der Waals surface area contributed by atoms with E-state index in [1.54, 1.807) is 41.8 Å². The van der Waals surface area contributed by atoms with Gasteiger partial charge in [0.2, 0.25) is 5.91 Å². The highest BCUT2D eigenvalue weighted by Gasteiger charge is 2.11. The van der Waals surface area contributed by atoms with E-state index in [0.29, 0.717) is 22.0 Å². The molecule has 0 spiro atoms. The molecule has 2 N–H and O–H groups in total. The van der Waals surface area contributed by atoms with Gasteiger partial charge in [-0.05, 0) is 42.5 Å². The molecule has 0 atom stereocenters. The number of aromatic nitrogens is 1. The van der Waals surface area contributed by atoms with Crippen molar-refractivity contribution in [2.24, 2.45) is 0 Å². The quantitative estimate of drug-likeness (QED) is 0.662. The van der Waals surface area contributed by atoms with Gasteiger partial charge in [0, 0.05) is 16.5 Å². The molecular weight excluding hydrogens is 369 g/mol. The van der Waals surface area contributed by atoms with Gasteiger partial charge in [0.25, 0.3) is 5.91 Å². The second-order valence-corrected chi connectivity index (χ2v) is 6.42. The fraction of sp³-hybridized carbons (Fsp3) is 0.105. The van der Waals surface area contributed by atoms with Crippen LogP contribution >= 0.6 is 11.3 Å². The van der Waals surface area contributed by atoms with Crippen LogP contribution < -0.4 is 15.6 Å². The molecule has 0 aliphatic carbocycles. The van der Waals surface area contributed by atoms with Gasteiger partial charge in [-0.2, -0.15) is 0 Å². The number of hydrogen-bond acceptors (Lipinski definition) is 5. The molecule has 0 radical (unpaired) electrons. The lowest BCUT2D eigenvalue weighted by atomic mass is 10.2. The van der Waals surface area contributed by atoms with Gasteiger partial charge in [0.1, 0.15) is 16.6 Å². The van der Waals surface area contributed by atoms with E-state index in [-0.39, 0.29) is 12.2 Å². The molecule has 3 aromatic rings. The Kier molecular flexibility index (Phi) is 5.77. The third-order valence-electron chi connectivity index (χ3n) is 3.63. The maximum Gasteiger partial charge on any atom is 0.269 e. The number of nitrogens with zero attached hydrogens (tertiary/aromatic N) is 1. The van der Waals surface area contributed by atoms with Crippen LogP contribution in [0.5, 0.6) is 5.75 Å². The number of halogens is 1. The summed E-state index contributed by atoms with van der Waals surface area (Å²) >= 11 is 1.36. The number of carbonyl (C=O) groups excluding carboxylic acids is 2. The average Bonchev–Trinajstić information content (AvgIpc) is 3.15. The maximum atomic E-state index is 13.0. The van der Waals surface area contributed by atoms with Crippen molar-refractivity contribution in [3.8, 4) is 16.3 Å². The number of ether oxygens (including phenoxy) is 1. The predicted octanol–water partition coefficient (Wildman–Crippen LogP) is 2.96. The van der Waals surface area contributed by atoms with Crippen molar-refractivity contribution in [1.29, 1.82) is 0 Å². The number of methoxy groups -OCH3 is 1. The SMILES string of the molecule is COc1cccc(C(=O)NNC(=O)Cc2csc(-c3ccc(F)cc3)n2)c1. The minimum Gasteiger partial charge on any atom is -0.497 e. The van der Waals surface area contributed by atoms with Crippen LogP contribution in [-0.2, 0) is 11.2 Å². The number of thiazole rings is 1. The average molecular weight is 385 g/mol. The normalized spacial score (nSPS) is 10.3. The molecule has 2 amide bonds. The highest BCUT2D eigenvalue weighted by atomic mass is 32.1. The molecule has 0 fully saturated rings. The van der Waals surface area contributed by atoms with Crippen LogP contribution in [0.1, 0.15) is 16.1 Å². The topological polar surface area (TPSA) is 80.3 Å². The van der Waals surface area contributed by atoms with Crippen molar-refractivity contribution in [3.05, 3.63) is 71.0 Å². The number of amides is 2. The van der Waals surface area contributed by atoms with Crippen LogP contribution in [-0.4, -0.2) is 23.9 Å². The van der Waals surface area contributed by atoms with E-state index in [1.807, 2.05) is 0 Å². The first kappa shape index (κ1) is 18.5. The summed E-state index contributed by atoms with van der Waals surface area (Å²) in [5, 5.41) is 2.44. The molecule has 0 aliphatic rings. The zero-order valence-corrected chi connectivity index (χ0v) is 15.2. The van der Waals surface area contributed by atoms with Crippen molar-refractivity contribution in [2.45, 2.75) is 6.42 Å². The third-order valence-corrected chi connectivity index (χ3v) is 4.57. The van der Waals surface area contributed by atoms with Crippen LogP contribution in [0.15, 0.2) is 53.9 Å². The van der Waals surface area contributed by atoms with Crippen molar-refractivity contribution in [1.82, 2.24) is 15.8 Å². The van der Waals surface area contributed by atoms with Crippen molar-refractivity contribution < 1.29 is 18.7 Å². The zero-order valence-electron chi connectivity index (χ0n) is 14.4.